The predicted octanol–water partition coefficient (Wildman–Crippen LogP) is 14.2. The zero-order valence-electron chi connectivity index (χ0n) is 37.9. The smallest absolute Gasteiger partial charge is 0.166 e. The summed E-state index contributed by atoms with van der Waals surface area (Å²) in [6.07, 6.45) is 0. The van der Waals surface area contributed by atoms with Gasteiger partial charge in [0.25, 0.3) is 0 Å². The van der Waals surface area contributed by atoms with E-state index in [1.807, 2.05) is 170 Å². The summed E-state index contributed by atoms with van der Waals surface area (Å²) in [6, 6.07) is 78.9. The molecule has 0 aliphatic heterocycles. The minimum atomic E-state index is 0.466. The lowest BCUT2D eigenvalue weighted by Crippen LogP contribution is -2.05. The third-order valence-electron chi connectivity index (χ3n) is 12.6. The predicted molar refractivity (Wildman–Crippen MR) is 280 cm³/mol. The zero-order chi connectivity index (χ0) is 47.7. The van der Waals surface area contributed by atoms with Crippen molar-refractivity contribution in [1.29, 1.82) is 10.5 Å². The number of aromatic nitrogens is 7. The average Bonchev–Trinajstić information content (AvgIpc) is 3.78. The lowest BCUT2D eigenvalue weighted by atomic mass is 9.99. The molecule has 9 heteroatoms. The van der Waals surface area contributed by atoms with E-state index in [0.29, 0.717) is 46.1 Å². The minimum Gasteiger partial charge on any atom is -0.308 e. The van der Waals surface area contributed by atoms with Gasteiger partial charge in [0.1, 0.15) is 0 Å². The molecule has 0 atom stereocenters. The Kier molecular flexibility index (Phi) is 10.8. The maximum atomic E-state index is 9.58. The summed E-state index contributed by atoms with van der Waals surface area (Å²) < 4.78 is 2.28. The summed E-state index contributed by atoms with van der Waals surface area (Å²) >= 11 is 0. The maximum absolute atomic E-state index is 9.58. The van der Waals surface area contributed by atoms with Crippen molar-refractivity contribution in [3.05, 3.63) is 236 Å². The standard InChI is InChI=1S/C62H37N9/c63-38-40-21-25-42(26-22-40)48-29-32-54-51(35-48)52-36-49(43-27-23-41(39-64)24-28-43)30-33-55(52)71(54)56-34-31-50(61-67-57(44-13-5-1-6-14-44)65-58(68-61)45-15-7-2-8-16-45)37-53(56)62-69-59(46-17-9-3-10-18-46)66-60(70-62)47-19-11-4-12-20-47/h1-37H. The summed E-state index contributed by atoms with van der Waals surface area (Å²) in [6.45, 7) is 0. The molecule has 12 aromatic rings. The number of rotatable bonds is 9. The van der Waals surface area contributed by atoms with Crippen molar-refractivity contribution in [2.45, 2.75) is 0 Å². The number of nitriles is 2. The molecule has 9 aromatic carbocycles. The Balaban J connectivity index is 1.14. The summed E-state index contributed by atoms with van der Waals surface area (Å²) in [5.74, 6) is 3.13. The number of benzene rings is 9. The molecule has 0 spiro atoms. The van der Waals surface area contributed by atoms with E-state index in [4.69, 9.17) is 29.9 Å². The first-order chi connectivity index (χ1) is 35.1. The van der Waals surface area contributed by atoms with Gasteiger partial charge < -0.3 is 4.57 Å². The van der Waals surface area contributed by atoms with Crippen LogP contribution in [0.4, 0.5) is 0 Å². The molecule has 9 nitrogen and oxygen atoms in total. The highest BCUT2D eigenvalue weighted by atomic mass is 15.1. The second-order valence-corrected chi connectivity index (χ2v) is 17.0. The molecular weight excluding hydrogens is 871 g/mol. The highest BCUT2D eigenvalue weighted by Crippen LogP contribution is 2.41. The normalized spacial score (nSPS) is 11.1. The van der Waals surface area contributed by atoms with Crippen LogP contribution < -0.4 is 0 Å². The summed E-state index contributed by atoms with van der Waals surface area (Å²) in [7, 11) is 0. The molecule has 0 fully saturated rings. The zero-order valence-corrected chi connectivity index (χ0v) is 37.9. The van der Waals surface area contributed by atoms with Gasteiger partial charge >= 0.3 is 0 Å². The average molecular weight is 908 g/mol. The number of hydrogen-bond donors (Lipinski definition) is 0. The Labute approximate surface area is 409 Å². The summed E-state index contributed by atoms with van der Waals surface area (Å²) in [5, 5.41) is 21.2. The third-order valence-corrected chi connectivity index (χ3v) is 12.6. The van der Waals surface area contributed by atoms with Crippen molar-refractivity contribution in [3.8, 4) is 108 Å². The highest BCUT2D eigenvalue weighted by molar-refractivity contribution is 6.12. The lowest BCUT2D eigenvalue weighted by Gasteiger charge is -2.16. The number of fused-ring (bicyclic) bond motifs is 3. The van der Waals surface area contributed by atoms with Crippen molar-refractivity contribution in [1.82, 2.24) is 34.5 Å². The van der Waals surface area contributed by atoms with Crippen LogP contribution in [0.25, 0.3) is 118 Å². The molecule has 0 bridgehead atoms. The Morgan fingerprint density at radius 3 is 0.972 bits per heavy atom. The van der Waals surface area contributed by atoms with E-state index in [1.165, 1.54) is 0 Å². The fraction of sp³-hybridized carbons (Fsp3) is 0. The van der Waals surface area contributed by atoms with Crippen LogP contribution in [0.1, 0.15) is 11.1 Å². The molecule has 0 saturated heterocycles. The first kappa shape index (κ1) is 42.2. The van der Waals surface area contributed by atoms with E-state index < -0.39 is 0 Å². The Hall–Kier alpha value is -10.2. The SMILES string of the molecule is N#Cc1ccc(-c2ccc3c(c2)c2cc(-c4ccc(C#N)cc4)ccc2n3-c2ccc(-c3nc(-c4ccccc4)nc(-c4ccccc4)n3)cc2-c2nc(-c3ccccc3)nc(-c3ccccc3)n2)cc1. The topological polar surface area (TPSA) is 130 Å². The Morgan fingerprint density at radius 2 is 0.606 bits per heavy atom. The van der Waals surface area contributed by atoms with Crippen molar-refractivity contribution in [2.24, 2.45) is 0 Å². The monoisotopic (exact) mass is 907 g/mol. The third kappa shape index (κ3) is 8.12. The van der Waals surface area contributed by atoms with Crippen molar-refractivity contribution in [2.75, 3.05) is 0 Å². The van der Waals surface area contributed by atoms with Crippen molar-refractivity contribution < 1.29 is 0 Å². The molecule has 0 aliphatic rings. The minimum absolute atomic E-state index is 0.466. The first-order valence-corrected chi connectivity index (χ1v) is 23.1. The molecule has 3 aromatic heterocycles. The van der Waals surface area contributed by atoms with E-state index in [1.54, 1.807) is 0 Å². The molecule has 71 heavy (non-hydrogen) atoms. The van der Waals surface area contributed by atoms with Gasteiger partial charge in [-0.3, -0.25) is 0 Å². The number of nitrogens with zero attached hydrogens (tertiary/aromatic N) is 9. The maximum Gasteiger partial charge on any atom is 0.166 e. The van der Waals surface area contributed by atoms with E-state index in [-0.39, 0.29) is 0 Å². The van der Waals surface area contributed by atoms with Crippen molar-refractivity contribution in [3.63, 3.8) is 0 Å². The van der Waals surface area contributed by atoms with Gasteiger partial charge in [-0.1, -0.05) is 158 Å². The Morgan fingerprint density at radius 1 is 0.282 bits per heavy atom. The molecule has 0 aliphatic carbocycles. The van der Waals surface area contributed by atoms with Gasteiger partial charge in [-0.15, -0.1) is 0 Å². The van der Waals surface area contributed by atoms with Gasteiger partial charge in [0.15, 0.2) is 34.9 Å². The van der Waals surface area contributed by atoms with Gasteiger partial charge in [-0.2, -0.15) is 10.5 Å². The molecule has 0 saturated carbocycles. The first-order valence-electron chi connectivity index (χ1n) is 23.1. The quantitative estimate of drug-likeness (QED) is 0.140. The molecule has 0 amide bonds. The number of hydrogen-bond acceptors (Lipinski definition) is 8. The molecular formula is C62H37N9. The molecule has 0 unspecified atom stereocenters. The van der Waals surface area contributed by atoms with Gasteiger partial charge in [-0.05, 0) is 89.0 Å². The summed E-state index contributed by atoms with van der Waals surface area (Å²) in [5.41, 5.74) is 12.9. The van der Waals surface area contributed by atoms with Gasteiger partial charge in [0, 0.05) is 44.2 Å². The van der Waals surface area contributed by atoms with Crippen LogP contribution in [-0.2, 0) is 0 Å². The van der Waals surface area contributed by atoms with E-state index in [2.05, 4.69) is 71.3 Å². The van der Waals surface area contributed by atoms with Crippen LogP contribution in [0.15, 0.2) is 224 Å². The fourth-order valence-corrected chi connectivity index (χ4v) is 9.03. The van der Waals surface area contributed by atoms with E-state index >= 15 is 0 Å². The van der Waals surface area contributed by atoms with Crippen molar-refractivity contribution >= 4 is 21.8 Å². The van der Waals surface area contributed by atoms with Crippen LogP contribution in [0.5, 0.6) is 0 Å². The van der Waals surface area contributed by atoms with Crippen LogP contribution in [0.2, 0.25) is 0 Å². The highest BCUT2D eigenvalue weighted by Gasteiger charge is 2.23. The molecule has 0 radical (unpaired) electrons. The lowest BCUT2D eigenvalue weighted by molar-refractivity contribution is 1.06. The van der Waals surface area contributed by atoms with Crippen LogP contribution in [0.3, 0.4) is 0 Å². The molecule has 3 heterocycles. The molecule has 0 N–H and O–H groups in total. The largest absolute Gasteiger partial charge is 0.308 e. The molecule has 12 rings (SSSR count). The van der Waals surface area contributed by atoms with Crippen LogP contribution in [-0.4, -0.2) is 34.5 Å². The van der Waals surface area contributed by atoms with Crippen LogP contribution >= 0.6 is 0 Å². The fourth-order valence-electron chi connectivity index (χ4n) is 9.03. The molecule has 330 valence electrons. The summed E-state index contributed by atoms with van der Waals surface area (Å²) in [4.78, 5) is 30.9. The van der Waals surface area contributed by atoms with Gasteiger partial charge in [0.2, 0.25) is 0 Å². The van der Waals surface area contributed by atoms with E-state index in [9.17, 15) is 10.5 Å². The van der Waals surface area contributed by atoms with E-state index in [0.717, 1.165) is 83.1 Å². The second kappa shape index (κ2) is 18.1. The Bertz CT molecular complexity index is 3800. The van der Waals surface area contributed by atoms with Gasteiger partial charge in [-0.25, -0.2) is 29.9 Å². The second-order valence-electron chi connectivity index (χ2n) is 17.0. The van der Waals surface area contributed by atoms with Gasteiger partial charge in [0.05, 0.1) is 40.0 Å². The van der Waals surface area contributed by atoms with Crippen LogP contribution in [0, 0.1) is 22.7 Å².